The molecule has 116 valence electrons. The summed E-state index contributed by atoms with van der Waals surface area (Å²) in [7, 11) is 3.17. The molecular weight excluding hydrogens is 266 g/mol. The summed E-state index contributed by atoms with van der Waals surface area (Å²) in [5.74, 6) is 1.37. The van der Waals surface area contributed by atoms with Gasteiger partial charge in [-0.05, 0) is 43.0 Å². The van der Waals surface area contributed by atoms with E-state index in [0.717, 1.165) is 12.8 Å². The highest BCUT2D eigenvalue weighted by atomic mass is 16.5. The Morgan fingerprint density at radius 3 is 2.38 bits per heavy atom. The molecule has 0 aromatic heterocycles. The zero-order chi connectivity index (χ0) is 15.3. The fourth-order valence-corrected chi connectivity index (χ4v) is 3.21. The molecule has 2 N–H and O–H groups in total. The Morgan fingerprint density at radius 2 is 1.81 bits per heavy atom. The van der Waals surface area contributed by atoms with Crippen LogP contribution in [0.25, 0.3) is 0 Å². The first-order valence-electron chi connectivity index (χ1n) is 7.59. The average Bonchev–Trinajstić information content (AvgIpc) is 2.54. The van der Waals surface area contributed by atoms with Crippen molar-refractivity contribution in [2.45, 2.75) is 38.5 Å². The average molecular weight is 291 g/mol. The maximum atomic E-state index is 12.6. The van der Waals surface area contributed by atoms with Gasteiger partial charge in [-0.3, -0.25) is 4.79 Å². The maximum absolute atomic E-state index is 12.6. The second kappa shape index (κ2) is 6.94. The zero-order valence-electron chi connectivity index (χ0n) is 13.0. The molecule has 0 radical (unpaired) electrons. The fourth-order valence-electron chi connectivity index (χ4n) is 3.21. The van der Waals surface area contributed by atoms with Crippen LogP contribution in [0.2, 0.25) is 0 Å². The molecule has 1 aromatic rings. The molecule has 1 aliphatic carbocycles. The highest BCUT2D eigenvalue weighted by molar-refractivity contribution is 5.97. The molecule has 1 fully saturated rings. The van der Waals surface area contributed by atoms with Gasteiger partial charge in [0, 0.05) is 12.0 Å². The van der Waals surface area contributed by atoms with Gasteiger partial charge in [-0.2, -0.15) is 0 Å². The summed E-state index contributed by atoms with van der Waals surface area (Å²) in [5.41, 5.74) is 6.63. The van der Waals surface area contributed by atoms with Crippen LogP contribution >= 0.6 is 0 Å². The van der Waals surface area contributed by atoms with Gasteiger partial charge in [0.1, 0.15) is 0 Å². The van der Waals surface area contributed by atoms with Crippen LogP contribution < -0.4 is 15.2 Å². The fraction of sp³-hybridized carbons (Fsp3) is 0.588. The lowest BCUT2D eigenvalue weighted by atomic mass is 9.70. The van der Waals surface area contributed by atoms with E-state index in [1.807, 2.05) is 0 Å². The predicted octanol–water partition coefficient (Wildman–Crippen LogP) is 3.19. The van der Waals surface area contributed by atoms with E-state index in [-0.39, 0.29) is 11.2 Å². The second-order valence-corrected chi connectivity index (χ2v) is 5.93. The molecule has 0 saturated heterocycles. The molecule has 1 aliphatic rings. The zero-order valence-corrected chi connectivity index (χ0v) is 13.0. The number of ether oxygens (including phenoxy) is 2. The molecule has 0 amide bonds. The lowest BCUT2D eigenvalue weighted by molar-refractivity contribution is 0.0867. The maximum Gasteiger partial charge on any atom is 0.163 e. The molecular formula is C17H25NO3. The van der Waals surface area contributed by atoms with Crippen LogP contribution in [0.3, 0.4) is 0 Å². The lowest BCUT2D eigenvalue weighted by Gasteiger charge is -2.35. The molecule has 1 aromatic carbocycles. The van der Waals surface area contributed by atoms with Gasteiger partial charge in [0.2, 0.25) is 0 Å². The van der Waals surface area contributed by atoms with Crippen molar-refractivity contribution in [1.29, 1.82) is 0 Å². The summed E-state index contributed by atoms with van der Waals surface area (Å²) in [6.07, 6.45) is 6.25. The number of carbonyl (C=O) groups is 1. The third kappa shape index (κ3) is 3.56. The highest BCUT2D eigenvalue weighted by Crippen LogP contribution is 2.39. The van der Waals surface area contributed by atoms with Crippen LogP contribution in [0, 0.1) is 5.41 Å². The molecule has 0 heterocycles. The van der Waals surface area contributed by atoms with Crippen molar-refractivity contribution >= 4 is 5.78 Å². The molecule has 1 saturated carbocycles. The van der Waals surface area contributed by atoms with Gasteiger partial charge < -0.3 is 15.2 Å². The van der Waals surface area contributed by atoms with Crippen molar-refractivity contribution in [1.82, 2.24) is 0 Å². The smallest absolute Gasteiger partial charge is 0.163 e. The third-order valence-corrected chi connectivity index (χ3v) is 4.59. The highest BCUT2D eigenvalue weighted by Gasteiger charge is 2.33. The standard InChI is InChI=1S/C17H25NO3/c1-20-15-7-6-13(10-16(15)21-2)14(19)11-17(12-18)8-4-3-5-9-17/h6-7,10H,3-5,8-9,11-12,18H2,1-2H3. The van der Waals surface area contributed by atoms with E-state index in [0.29, 0.717) is 30.0 Å². The molecule has 0 bridgehead atoms. The van der Waals surface area contributed by atoms with Crippen LogP contribution in [0.1, 0.15) is 48.9 Å². The van der Waals surface area contributed by atoms with Crippen LogP contribution in [-0.2, 0) is 0 Å². The summed E-state index contributed by atoms with van der Waals surface area (Å²) in [6, 6.07) is 5.34. The van der Waals surface area contributed by atoms with E-state index in [1.165, 1.54) is 19.3 Å². The van der Waals surface area contributed by atoms with E-state index in [2.05, 4.69) is 0 Å². The lowest BCUT2D eigenvalue weighted by Crippen LogP contribution is -2.35. The van der Waals surface area contributed by atoms with Gasteiger partial charge >= 0.3 is 0 Å². The van der Waals surface area contributed by atoms with Crippen LogP contribution in [-0.4, -0.2) is 26.5 Å². The van der Waals surface area contributed by atoms with Gasteiger partial charge in [0.25, 0.3) is 0 Å². The number of rotatable bonds is 6. The van der Waals surface area contributed by atoms with Crippen molar-refractivity contribution in [3.05, 3.63) is 23.8 Å². The van der Waals surface area contributed by atoms with Gasteiger partial charge in [0.15, 0.2) is 17.3 Å². The first kappa shape index (κ1) is 15.8. The van der Waals surface area contributed by atoms with Crippen LogP contribution in [0.4, 0.5) is 0 Å². The Kier molecular flexibility index (Phi) is 5.23. The molecule has 21 heavy (non-hydrogen) atoms. The SMILES string of the molecule is COc1ccc(C(=O)CC2(CN)CCCCC2)cc1OC. The number of Topliss-reactive ketones (excluding diaryl/α,β-unsaturated/α-hetero) is 1. The topological polar surface area (TPSA) is 61.5 Å². The first-order valence-corrected chi connectivity index (χ1v) is 7.59. The van der Waals surface area contributed by atoms with Gasteiger partial charge in [-0.1, -0.05) is 19.3 Å². The Labute approximate surface area is 126 Å². The van der Waals surface area contributed by atoms with Gasteiger partial charge in [0.05, 0.1) is 14.2 Å². The quantitative estimate of drug-likeness (QED) is 0.818. The predicted molar refractivity (Wildman–Crippen MR) is 83.1 cm³/mol. The van der Waals surface area contributed by atoms with E-state index < -0.39 is 0 Å². The Bertz CT molecular complexity index is 493. The number of benzene rings is 1. The number of methoxy groups -OCH3 is 2. The van der Waals surface area contributed by atoms with E-state index in [1.54, 1.807) is 32.4 Å². The van der Waals surface area contributed by atoms with Crippen molar-refractivity contribution in [2.24, 2.45) is 11.1 Å². The molecule has 4 nitrogen and oxygen atoms in total. The van der Waals surface area contributed by atoms with E-state index in [9.17, 15) is 4.79 Å². The Morgan fingerprint density at radius 1 is 1.14 bits per heavy atom. The number of hydrogen-bond acceptors (Lipinski definition) is 4. The monoisotopic (exact) mass is 291 g/mol. The van der Waals surface area contributed by atoms with Gasteiger partial charge in [-0.25, -0.2) is 0 Å². The first-order chi connectivity index (χ1) is 10.1. The summed E-state index contributed by atoms with van der Waals surface area (Å²) in [4.78, 5) is 12.6. The molecule has 0 aliphatic heterocycles. The Balaban J connectivity index is 2.15. The molecule has 0 unspecified atom stereocenters. The van der Waals surface area contributed by atoms with Crippen molar-refractivity contribution in [3.8, 4) is 11.5 Å². The minimum atomic E-state index is -0.0114. The largest absolute Gasteiger partial charge is 0.493 e. The summed E-state index contributed by atoms with van der Waals surface area (Å²) >= 11 is 0. The van der Waals surface area contributed by atoms with E-state index >= 15 is 0 Å². The number of carbonyl (C=O) groups excluding carboxylic acids is 1. The summed E-state index contributed by atoms with van der Waals surface area (Å²) < 4.78 is 10.5. The van der Waals surface area contributed by atoms with Crippen molar-refractivity contribution in [3.63, 3.8) is 0 Å². The van der Waals surface area contributed by atoms with Crippen molar-refractivity contribution < 1.29 is 14.3 Å². The van der Waals surface area contributed by atoms with Crippen molar-refractivity contribution in [2.75, 3.05) is 20.8 Å². The molecule has 2 rings (SSSR count). The Hall–Kier alpha value is -1.55. The van der Waals surface area contributed by atoms with E-state index in [4.69, 9.17) is 15.2 Å². The molecule has 4 heteroatoms. The number of nitrogens with two attached hydrogens (primary N) is 1. The molecule has 0 spiro atoms. The van der Waals surface area contributed by atoms with Crippen LogP contribution in [0.15, 0.2) is 18.2 Å². The summed E-state index contributed by atoms with van der Waals surface area (Å²) in [6.45, 7) is 0.589. The molecule has 0 atom stereocenters. The minimum Gasteiger partial charge on any atom is -0.493 e. The second-order valence-electron chi connectivity index (χ2n) is 5.93. The minimum absolute atomic E-state index is 0.0114. The summed E-state index contributed by atoms with van der Waals surface area (Å²) in [5, 5.41) is 0. The number of hydrogen-bond donors (Lipinski definition) is 1. The normalized spacial score (nSPS) is 17.3. The third-order valence-electron chi connectivity index (χ3n) is 4.59. The number of ketones is 1. The van der Waals surface area contributed by atoms with Gasteiger partial charge in [-0.15, -0.1) is 0 Å². The van der Waals surface area contributed by atoms with Crippen LogP contribution in [0.5, 0.6) is 11.5 Å².